The molecule has 12 heteroatoms. The number of aromatic nitrogens is 1. The van der Waals surface area contributed by atoms with E-state index >= 15 is 0 Å². The molecule has 3 atom stereocenters. The molecule has 0 unspecified atom stereocenters. The van der Waals surface area contributed by atoms with Crippen LogP contribution in [0.15, 0.2) is 82.6 Å². The summed E-state index contributed by atoms with van der Waals surface area (Å²) in [6.45, 7) is -0.243. The van der Waals surface area contributed by atoms with E-state index in [1.54, 1.807) is 73.8 Å². The number of rotatable bonds is 7. The number of aromatic amines is 1. The number of nitrogens with one attached hydrogen (secondary N) is 2. The van der Waals surface area contributed by atoms with Gasteiger partial charge in [0.25, 0.3) is 5.91 Å². The van der Waals surface area contributed by atoms with Gasteiger partial charge in [0.15, 0.2) is 6.61 Å². The van der Waals surface area contributed by atoms with Crippen molar-refractivity contribution in [3.63, 3.8) is 0 Å². The first-order chi connectivity index (χ1) is 19.8. The summed E-state index contributed by atoms with van der Waals surface area (Å²) >= 11 is 8.26. The van der Waals surface area contributed by atoms with E-state index in [0.29, 0.717) is 43.4 Å². The van der Waals surface area contributed by atoms with Gasteiger partial charge in [0, 0.05) is 21.5 Å². The first kappa shape index (κ1) is 27.1. The Morgan fingerprint density at radius 2 is 1.76 bits per heavy atom. The Morgan fingerprint density at radius 3 is 2.49 bits per heavy atom. The number of thiazole rings is 1. The zero-order valence-corrected chi connectivity index (χ0v) is 23.8. The molecule has 9 nitrogen and oxygen atoms in total. The fraction of sp³-hybridized carbons (Fsp3) is 0.172. The van der Waals surface area contributed by atoms with Gasteiger partial charge in [-0.2, -0.15) is 0 Å². The third-order valence-corrected chi connectivity index (χ3v) is 9.52. The summed E-state index contributed by atoms with van der Waals surface area (Å²) in [5.41, 5.74) is 1.74. The molecule has 1 aromatic heterocycles. The molecule has 1 saturated heterocycles. The Balaban J connectivity index is 1.26. The van der Waals surface area contributed by atoms with Crippen LogP contribution in [0.5, 0.6) is 11.5 Å². The molecule has 0 bridgehead atoms. The number of halogens is 1. The molecule has 2 aliphatic heterocycles. The fourth-order valence-electron chi connectivity index (χ4n) is 5.04. The van der Waals surface area contributed by atoms with E-state index < -0.39 is 17.1 Å². The van der Waals surface area contributed by atoms with Crippen molar-refractivity contribution in [1.29, 1.82) is 0 Å². The Kier molecular flexibility index (Phi) is 7.33. The van der Waals surface area contributed by atoms with Crippen molar-refractivity contribution >= 4 is 63.8 Å². The van der Waals surface area contributed by atoms with Crippen molar-refractivity contribution in [2.24, 2.45) is 5.92 Å². The molecular weight excluding hydrogens is 586 g/mol. The summed E-state index contributed by atoms with van der Waals surface area (Å²) in [6.07, 6.45) is 0. The van der Waals surface area contributed by atoms with Crippen molar-refractivity contribution in [2.75, 3.05) is 23.9 Å². The molecule has 1 fully saturated rings. The second-order valence-electron chi connectivity index (χ2n) is 9.38. The molecule has 6 rings (SSSR count). The normalized spacial score (nSPS) is 19.5. The van der Waals surface area contributed by atoms with Crippen molar-refractivity contribution in [2.45, 2.75) is 16.2 Å². The lowest BCUT2D eigenvalue weighted by molar-refractivity contribution is -0.122. The van der Waals surface area contributed by atoms with Gasteiger partial charge in [-0.25, -0.2) is 4.90 Å². The largest absolute Gasteiger partial charge is 0.497 e. The van der Waals surface area contributed by atoms with E-state index in [-0.39, 0.29) is 29.2 Å². The van der Waals surface area contributed by atoms with Crippen LogP contribution in [-0.2, 0) is 14.4 Å². The van der Waals surface area contributed by atoms with E-state index in [4.69, 9.17) is 21.1 Å². The van der Waals surface area contributed by atoms with E-state index in [1.165, 1.54) is 16.7 Å². The van der Waals surface area contributed by atoms with E-state index in [0.717, 1.165) is 11.3 Å². The number of anilines is 2. The average Bonchev–Trinajstić information content (AvgIpc) is 3.47. The maximum Gasteiger partial charge on any atom is 0.305 e. The summed E-state index contributed by atoms with van der Waals surface area (Å²) in [5.74, 6) is -1.27. The third kappa shape index (κ3) is 5.23. The minimum atomic E-state index is -0.740. The van der Waals surface area contributed by atoms with Gasteiger partial charge in [0.1, 0.15) is 16.7 Å². The maximum absolute atomic E-state index is 13.8. The van der Waals surface area contributed by atoms with Gasteiger partial charge >= 0.3 is 4.87 Å². The number of amides is 3. The number of ether oxygens (including phenoxy) is 2. The van der Waals surface area contributed by atoms with E-state index in [9.17, 15) is 19.2 Å². The van der Waals surface area contributed by atoms with Gasteiger partial charge in [-0.3, -0.25) is 19.2 Å². The molecule has 0 aliphatic carbocycles. The topological polar surface area (TPSA) is 118 Å². The van der Waals surface area contributed by atoms with Crippen LogP contribution in [0.3, 0.4) is 0 Å². The summed E-state index contributed by atoms with van der Waals surface area (Å²) < 4.78 is 10.9. The second-order valence-corrected chi connectivity index (χ2v) is 12.0. The zero-order valence-electron chi connectivity index (χ0n) is 21.5. The summed E-state index contributed by atoms with van der Waals surface area (Å²) in [5, 5.41) is 3.12. The monoisotopic (exact) mass is 607 g/mol. The highest BCUT2D eigenvalue weighted by atomic mass is 35.5. The van der Waals surface area contributed by atoms with Crippen LogP contribution in [0.1, 0.15) is 16.4 Å². The Morgan fingerprint density at radius 1 is 1.00 bits per heavy atom. The minimum absolute atomic E-state index is 0.243. The summed E-state index contributed by atoms with van der Waals surface area (Å²) in [7, 11) is 1.56. The van der Waals surface area contributed by atoms with Crippen molar-refractivity contribution in [1.82, 2.24) is 4.98 Å². The zero-order chi connectivity index (χ0) is 28.7. The molecule has 0 saturated carbocycles. The highest BCUT2D eigenvalue weighted by molar-refractivity contribution is 8.00. The Bertz CT molecular complexity index is 1700. The predicted octanol–water partition coefficient (Wildman–Crippen LogP) is 4.91. The molecule has 2 N–H and O–H groups in total. The number of imide groups is 1. The van der Waals surface area contributed by atoms with Crippen LogP contribution < -0.4 is 24.6 Å². The Hall–Kier alpha value is -4.06. The molecule has 3 amide bonds. The quantitative estimate of drug-likeness (QED) is 0.287. The molecule has 0 spiro atoms. The summed E-state index contributed by atoms with van der Waals surface area (Å²) in [4.78, 5) is 56.7. The van der Waals surface area contributed by atoms with Crippen LogP contribution in [-0.4, -0.2) is 41.7 Å². The second kappa shape index (κ2) is 11.1. The lowest BCUT2D eigenvalue weighted by Gasteiger charge is -2.30. The third-order valence-electron chi connectivity index (χ3n) is 6.87. The number of methoxy groups -OCH3 is 1. The van der Waals surface area contributed by atoms with E-state index in [2.05, 4.69) is 10.3 Å². The predicted molar refractivity (Wildman–Crippen MR) is 157 cm³/mol. The number of thioether (sulfide) groups is 1. The van der Waals surface area contributed by atoms with Gasteiger partial charge in [0.2, 0.25) is 11.8 Å². The molecule has 3 aromatic carbocycles. The number of hydrogen-bond acceptors (Lipinski definition) is 8. The molecule has 4 aromatic rings. The van der Waals surface area contributed by atoms with Crippen LogP contribution in [0, 0.1) is 5.92 Å². The number of hydrogen-bond donors (Lipinski definition) is 2. The first-order valence-electron chi connectivity index (χ1n) is 12.5. The first-order valence-corrected chi connectivity index (χ1v) is 14.6. The molecule has 41 heavy (non-hydrogen) atoms. The summed E-state index contributed by atoms with van der Waals surface area (Å²) in [6, 6.07) is 20.5. The van der Waals surface area contributed by atoms with Crippen molar-refractivity contribution < 1.29 is 23.9 Å². The average molecular weight is 608 g/mol. The minimum Gasteiger partial charge on any atom is -0.497 e. The highest BCUT2D eigenvalue weighted by Crippen LogP contribution is 2.53. The smallest absolute Gasteiger partial charge is 0.305 e. The number of carbonyl (C=O) groups is 3. The number of nitrogens with zero attached hydrogens (tertiary/aromatic N) is 1. The number of fused-ring (bicyclic) bond motifs is 2. The molecule has 3 heterocycles. The maximum atomic E-state index is 13.8. The van der Waals surface area contributed by atoms with Gasteiger partial charge < -0.3 is 19.8 Å². The molecular formula is C29H22ClN3O6S2. The molecule has 2 aliphatic rings. The van der Waals surface area contributed by atoms with Crippen LogP contribution in [0.25, 0.3) is 0 Å². The standard InChI is InChI=1S/C29H22ClN3O6S2/c1-38-19-11-7-17(8-12-19)31-21(34)14-39-20-4-2-3-15(13-20)22-23-25(40-26-24(22)41-29(37)32-26)28(36)33(27(23)35)18-9-5-16(30)6-10-18/h2-13,22-23,25H,14H2,1H3,(H,31,34)(H,32,37)/t22-,23-,25+/m0/s1. The number of benzene rings is 3. The fourth-order valence-corrected chi connectivity index (χ4v) is 7.68. The SMILES string of the molecule is COc1ccc(NC(=O)COc2cccc([C@@H]3c4sc(=O)[nH]c4S[C@H]4C(=O)N(c5ccc(Cl)cc5)C(=O)[C@@H]34)c2)cc1. The van der Waals surface area contributed by atoms with Crippen molar-refractivity contribution in [3.05, 3.63) is 97.9 Å². The number of H-pyrrole nitrogens is 1. The van der Waals surface area contributed by atoms with E-state index in [1.807, 2.05) is 6.07 Å². The van der Waals surface area contributed by atoms with Crippen LogP contribution in [0.4, 0.5) is 11.4 Å². The lowest BCUT2D eigenvalue weighted by atomic mass is 9.83. The molecule has 0 radical (unpaired) electrons. The molecule has 208 valence electrons. The van der Waals surface area contributed by atoms with Gasteiger partial charge in [-0.05, 0) is 66.2 Å². The van der Waals surface area contributed by atoms with Crippen LogP contribution in [0.2, 0.25) is 5.02 Å². The van der Waals surface area contributed by atoms with Gasteiger partial charge in [-0.1, -0.05) is 46.8 Å². The van der Waals surface area contributed by atoms with Crippen LogP contribution >= 0.6 is 34.7 Å². The van der Waals surface area contributed by atoms with Gasteiger partial charge in [-0.15, -0.1) is 0 Å². The lowest BCUT2D eigenvalue weighted by Crippen LogP contribution is -2.32. The Labute approximate surface area is 247 Å². The van der Waals surface area contributed by atoms with Crippen molar-refractivity contribution in [3.8, 4) is 11.5 Å². The highest BCUT2D eigenvalue weighted by Gasteiger charge is 2.56. The van der Waals surface area contributed by atoms with Gasteiger partial charge in [0.05, 0.1) is 23.7 Å². The number of carbonyl (C=O) groups excluding carboxylic acids is 3.